The lowest BCUT2D eigenvalue weighted by Gasteiger charge is -2.18. The van der Waals surface area contributed by atoms with Gasteiger partial charge in [-0.05, 0) is 66.4 Å². The van der Waals surface area contributed by atoms with Crippen molar-refractivity contribution in [1.29, 1.82) is 0 Å². The number of hydrogen-bond acceptors (Lipinski definition) is 7. The quantitative estimate of drug-likeness (QED) is 0.174. The van der Waals surface area contributed by atoms with Gasteiger partial charge in [-0.25, -0.2) is 4.79 Å². The number of aromatic hydroxyl groups is 1. The average molecular weight is 494 g/mol. The summed E-state index contributed by atoms with van der Waals surface area (Å²) < 4.78 is 10.7. The van der Waals surface area contributed by atoms with Gasteiger partial charge in [-0.15, -0.1) is 11.8 Å². The first kappa shape index (κ1) is 25.5. The minimum Gasteiger partial charge on any atom is -0.504 e. The van der Waals surface area contributed by atoms with Crippen LogP contribution in [-0.2, 0) is 9.53 Å². The van der Waals surface area contributed by atoms with Gasteiger partial charge in [0.2, 0.25) is 5.91 Å². The highest BCUT2D eigenvalue weighted by molar-refractivity contribution is 7.98. The highest BCUT2D eigenvalue weighted by atomic mass is 32.2. The number of ether oxygens (including phenoxy) is 2. The monoisotopic (exact) mass is 493 g/mol. The standard InChI is InChI=1S/C26H27N3O5S/c1-33-24-15-10-17(16-22(24)30)23(34-26(32)28-18-11-13-19(35-2)14-12-18)8-5-9-25(31)29-21-7-4-3-6-20(21)27/h3-7,9-16,23,30H,8,27H2,1-2H3,(H,28,32)(H,29,31)/b9-5+/t23-/m1/s1. The molecule has 35 heavy (non-hydrogen) atoms. The van der Waals surface area contributed by atoms with E-state index in [9.17, 15) is 14.7 Å². The van der Waals surface area contributed by atoms with Crippen molar-refractivity contribution in [2.45, 2.75) is 17.4 Å². The van der Waals surface area contributed by atoms with E-state index >= 15 is 0 Å². The molecule has 0 aliphatic heterocycles. The summed E-state index contributed by atoms with van der Waals surface area (Å²) in [5.41, 5.74) is 7.93. The third-order valence-corrected chi connectivity index (χ3v) is 5.74. The fraction of sp³-hybridized carbons (Fsp3) is 0.154. The maximum absolute atomic E-state index is 12.6. The zero-order chi connectivity index (χ0) is 25.2. The molecule has 3 rings (SSSR count). The zero-order valence-corrected chi connectivity index (χ0v) is 20.2. The molecule has 182 valence electrons. The number of para-hydroxylation sites is 2. The van der Waals surface area contributed by atoms with Gasteiger partial charge in [0.05, 0.1) is 18.5 Å². The molecule has 0 aliphatic rings. The second-order valence-electron chi connectivity index (χ2n) is 7.39. The lowest BCUT2D eigenvalue weighted by atomic mass is 10.1. The van der Waals surface area contributed by atoms with E-state index in [1.807, 2.05) is 18.4 Å². The number of amides is 2. The lowest BCUT2D eigenvalue weighted by molar-refractivity contribution is -0.111. The predicted octanol–water partition coefficient (Wildman–Crippen LogP) is 5.58. The number of nitrogen functional groups attached to an aromatic ring is 1. The Labute approximate surface area is 208 Å². The minimum atomic E-state index is -0.775. The van der Waals surface area contributed by atoms with E-state index in [1.165, 1.54) is 19.3 Å². The smallest absolute Gasteiger partial charge is 0.412 e. The van der Waals surface area contributed by atoms with Gasteiger partial charge in [-0.1, -0.05) is 24.3 Å². The van der Waals surface area contributed by atoms with Gasteiger partial charge in [-0.2, -0.15) is 0 Å². The molecular weight excluding hydrogens is 466 g/mol. The Morgan fingerprint density at radius 3 is 2.49 bits per heavy atom. The van der Waals surface area contributed by atoms with E-state index in [1.54, 1.807) is 66.4 Å². The first-order chi connectivity index (χ1) is 16.9. The summed E-state index contributed by atoms with van der Waals surface area (Å²) in [6.07, 6.45) is 3.63. The van der Waals surface area contributed by atoms with Crippen LogP contribution in [0.1, 0.15) is 18.1 Å². The topological polar surface area (TPSA) is 123 Å². The molecule has 0 aromatic heterocycles. The van der Waals surface area contributed by atoms with Crippen LogP contribution in [-0.4, -0.2) is 30.5 Å². The van der Waals surface area contributed by atoms with Crippen LogP contribution in [0, 0.1) is 0 Å². The van der Waals surface area contributed by atoms with Crippen LogP contribution in [0.3, 0.4) is 0 Å². The third-order valence-electron chi connectivity index (χ3n) is 5.00. The number of nitrogens with one attached hydrogen (secondary N) is 2. The maximum Gasteiger partial charge on any atom is 0.412 e. The van der Waals surface area contributed by atoms with Crippen LogP contribution >= 0.6 is 11.8 Å². The van der Waals surface area contributed by atoms with Gasteiger partial charge < -0.3 is 25.6 Å². The second kappa shape index (κ2) is 12.4. The number of hydrogen-bond donors (Lipinski definition) is 4. The Hall–Kier alpha value is -4.11. The average Bonchev–Trinajstić information content (AvgIpc) is 2.85. The van der Waals surface area contributed by atoms with Crippen LogP contribution in [0.25, 0.3) is 0 Å². The molecule has 0 radical (unpaired) electrons. The van der Waals surface area contributed by atoms with Crippen molar-refractivity contribution in [3.05, 3.63) is 84.4 Å². The molecular formula is C26H27N3O5S. The summed E-state index contributed by atoms with van der Waals surface area (Å²) in [6.45, 7) is 0. The van der Waals surface area contributed by atoms with E-state index in [0.29, 0.717) is 28.4 Å². The Balaban J connectivity index is 1.71. The Kier molecular flexibility index (Phi) is 9.02. The van der Waals surface area contributed by atoms with Gasteiger partial charge >= 0.3 is 6.09 Å². The van der Waals surface area contributed by atoms with Crippen molar-refractivity contribution in [2.75, 3.05) is 29.7 Å². The van der Waals surface area contributed by atoms with Crippen molar-refractivity contribution < 1.29 is 24.2 Å². The van der Waals surface area contributed by atoms with E-state index in [-0.39, 0.29) is 18.1 Å². The molecule has 0 heterocycles. The van der Waals surface area contributed by atoms with Crippen LogP contribution in [0.15, 0.2) is 83.8 Å². The summed E-state index contributed by atoms with van der Waals surface area (Å²) in [7, 11) is 1.44. The van der Waals surface area contributed by atoms with Crippen LogP contribution < -0.4 is 21.1 Å². The molecule has 0 bridgehead atoms. The molecule has 9 heteroatoms. The van der Waals surface area contributed by atoms with Gasteiger partial charge in [-0.3, -0.25) is 10.1 Å². The minimum absolute atomic E-state index is 0.0899. The summed E-state index contributed by atoms with van der Waals surface area (Å²) >= 11 is 1.60. The van der Waals surface area contributed by atoms with Crippen molar-refractivity contribution in [1.82, 2.24) is 0 Å². The van der Waals surface area contributed by atoms with E-state index < -0.39 is 12.2 Å². The zero-order valence-electron chi connectivity index (χ0n) is 19.4. The van der Waals surface area contributed by atoms with Crippen LogP contribution in [0.4, 0.5) is 21.9 Å². The Morgan fingerprint density at radius 1 is 1.09 bits per heavy atom. The second-order valence-corrected chi connectivity index (χ2v) is 8.27. The molecule has 8 nitrogen and oxygen atoms in total. The molecule has 0 saturated carbocycles. The third kappa shape index (κ3) is 7.44. The van der Waals surface area contributed by atoms with Crippen LogP contribution in [0.5, 0.6) is 11.5 Å². The number of benzene rings is 3. The largest absolute Gasteiger partial charge is 0.504 e. The van der Waals surface area contributed by atoms with E-state index in [0.717, 1.165) is 4.90 Å². The van der Waals surface area contributed by atoms with Gasteiger partial charge in [0.1, 0.15) is 6.10 Å². The molecule has 0 fully saturated rings. The van der Waals surface area contributed by atoms with E-state index in [4.69, 9.17) is 15.2 Å². The molecule has 0 unspecified atom stereocenters. The normalized spacial score (nSPS) is 11.6. The fourth-order valence-electron chi connectivity index (χ4n) is 3.19. The maximum atomic E-state index is 12.6. The number of anilines is 3. The number of carbonyl (C=O) groups excluding carboxylic acids is 2. The van der Waals surface area contributed by atoms with Gasteiger partial charge in [0.15, 0.2) is 11.5 Å². The summed E-state index contributed by atoms with van der Waals surface area (Å²) in [5, 5.41) is 15.6. The van der Waals surface area contributed by atoms with Crippen LogP contribution in [0.2, 0.25) is 0 Å². The highest BCUT2D eigenvalue weighted by Crippen LogP contribution is 2.32. The predicted molar refractivity (Wildman–Crippen MR) is 139 cm³/mol. The van der Waals surface area contributed by atoms with Crippen molar-refractivity contribution in [2.24, 2.45) is 0 Å². The number of phenolic OH excluding ortho intramolecular Hbond substituents is 1. The first-order valence-electron chi connectivity index (χ1n) is 10.7. The van der Waals surface area contributed by atoms with Crippen molar-refractivity contribution in [3.63, 3.8) is 0 Å². The summed E-state index contributed by atoms with van der Waals surface area (Å²) in [5.74, 6) is -0.174. The molecule has 0 aliphatic carbocycles. The number of nitrogens with two attached hydrogens (primary N) is 1. The van der Waals surface area contributed by atoms with Crippen molar-refractivity contribution in [3.8, 4) is 11.5 Å². The Morgan fingerprint density at radius 2 is 1.83 bits per heavy atom. The number of phenols is 1. The molecule has 2 amide bonds. The van der Waals surface area contributed by atoms with E-state index in [2.05, 4.69) is 10.6 Å². The molecule has 1 atom stereocenters. The summed E-state index contributed by atoms with van der Waals surface area (Å²) in [4.78, 5) is 26.0. The lowest BCUT2D eigenvalue weighted by Crippen LogP contribution is -2.17. The highest BCUT2D eigenvalue weighted by Gasteiger charge is 2.18. The van der Waals surface area contributed by atoms with Gasteiger partial charge in [0, 0.05) is 17.0 Å². The molecule has 5 N–H and O–H groups in total. The number of thioether (sulfide) groups is 1. The number of methoxy groups -OCH3 is 1. The first-order valence-corrected chi connectivity index (χ1v) is 11.9. The SMILES string of the molecule is COc1ccc([C@@H](C/C=C/C(=O)Nc2ccccc2N)OC(=O)Nc2ccc(SC)cc2)cc1O. The molecule has 0 spiro atoms. The number of carbonyl (C=O) groups is 2. The molecule has 0 saturated heterocycles. The van der Waals surface area contributed by atoms with Gasteiger partial charge in [0.25, 0.3) is 0 Å². The fourth-order valence-corrected chi connectivity index (χ4v) is 3.60. The number of rotatable bonds is 9. The Bertz CT molecular complexity index is 1200. The molecule has 3 aromatic rings. The van der Waals surface area contributed by atoms with Crippen molar-refractivity contribution >= 4 is 40.8 Å². The molecule has 3 aromatic carbocycles. The summed E-state index contributed by atoms with van der Waals surface area (Å²) in [6, 6.07) is 19.0.